The van der Waals surface area contributed by atoms with Crippen LogP contribution in [0.25, 0.3) is 0 Å². The van der Waals surface area contributed by atoms with E-state index in [0.717, 1.165) is 16.8 Å². The van der Waals surface area contributed by atoms with E-state index in [0.29, 0.717) is 11.3 Å². The summed E-state index contributed by atoms with van der Waals surface area (Å²) in [4.78, 5) is 20.1. The second kappa shape index (κ2) is 7.28. The molecule has 0 aliphatic rings. The Balaban J connectivity index is 2.21. The number of aryl methyl sites for hydroxylation is 2. The highest BCUT2D eigenvalue weighted by atomic mass is 16.1. The van der Waals surface area contributed by atoms with Crippen LogP contribution >= 0.6 is 0 Å². The standard InChI is InChI=1S/C17H20N6O/c1-10-6-7-14(11(2)8-10)22-15(24)12-4-3-5-13(9-12)21-17(20)23-16(18)19/h3-9H,1-2H3,(H,22,24)(H6,18,19,20,21,23). The van der Waals surface area contributed by atoms with Crippen molar-refractivity contribution >= 4 is 29.2 Å². The van der Waals surface area contributed by atoms with E-state index < -0.39 is 0 Å². The number of benzene rings is 2. The highest BCUT2D eigenvalue weighted by Crippen LogP contribution is 2.19. The van der Waals surface area contributed by atoms with Gasteiger partial charge in [0.2, 0.25) is 5.96 Å². The average Bonchev–Trinajstić information content (AvgIpc) is 2.49. The number of hydrogen-bond donors (Lipinski definition) is 4. The number of nitrogens with two attached hydrogens (primary N) is 3. The van der Waals surface area contributed by atoms with Crippen LogP contribution in [0.5, 0.6) is 0 Å². The number of carbonyl (C=O) groups is 1. The largest absolute Gasteiger partial charge is 0.370 e. The summed E-state index contributed by atoms with van der Waals surface area (Å²) in [6.45, 7) is 3.94. The zero-order valence-corrected chi connectivity index (χ0v) is 13.6. The summed E-state index contributed by atoms with van der Waals surface area (Å²) in [6, 6.07) is 12.5. The van der Waals surface area contributed by atoms with Crippen LogP contribution < -0.4 is 22.5 Å². The number of amides is 1. The molecule has 124 valence electrons. The van der Waals surface area contributed by atoms with Crippen LogP contribution in [-0.4, -0.2) is 17.8 Å². The van der Waals surface area contributed by atoms with Crippen molar-refractivity contribution in [3.63, 3.8) is 0 Å². The molecular weight excluding hydrogens is 304 g/mol. The van der Waals surface area contributed by atoms with Gasteiger partial charge in [-0.3, -0.25) is 4.79 Å². The molecule has 2 aromatic rings. The molecule has 24 heavy (non-hydrogen) atoms. The molecule has 7 heteroatoms. The lowest BCUT2D eigenvalue weighted by atomic mass is 10.1. The second-order valence-electron chi connectivity index (χ2n) is 5.33. The first-order valence-corrected chi connectivity index (χ1v) is 7.27. The SMILES string of the molecule is Cc1ccc(NC(=O)c2cccc(N=C(N)N=C(N)N)c2)c(C)c1. The number of hydrogen-bond acceptors (Lipinski definition) is 2. The Morgan fingerprint density at radius 3 is 2.46 bits per heavy atom. The van der Waals surface area contributed by atoms with E-state index in [9.17, 15) is 4.79 Å². The summed E-state index contributed by atoms with van der Waals surface area (Å²) in [5.74, 6) is -0.499. The summed E-state index contributed by atoms with van der Waals surface area (Å²) in [5, 5.41) is 2.88. The first kappa shape index (κ1) is 17.0. The van der Waals surface area contributed by atoms with E-state index in [1.54, 1.807) is 24.3 Å². The normalized spacial score (nSPS) is 11.0. The third kappa shape index (κ3) is 4.57. The van der Waals surface area contributed by atoms with E-state index in [1.165, 1.54) is 0 Å². The smallest absolute Gasteiger partial charge is 0.255 e. The molecular formula is C17H20N6O. The predicted octanol–water partition coefficient (Wildman–Crippen LogP) is 1.78. The third-order valence-electron chi connectivity index (χ3n) is 3.23. The van der Waals surface area contributed by atoms with Gasteiger partial charge >= 0.3 is 0 Å². The molecule has 0 saturated heterocycles. The summed E-state index contributed by atoms with van der Waals surface area (Å²) >= 11 is 0. The van der Waals surface area contributed by atoms with Crippen LogP contribution in [0.3, 0.4) is 0 Å². The molecule has 0 unspecified atom stereocenters. The van der Waals surface area contributed by atoms with Crippen molar-refractivity contribution in [2.24, 2.45) is 27.2 Å². The summed E-state index contributed by atoms with van der Waals surface area (Å²) in [5.41, 5.74) is 19.9. The maximum atomic E-state index is 12.4. The van der Waals surface area contributed by atoms with Crippen LogP contribution in [-0.2, 0) is 0 Å². The van der Waals surface area contributed by atoms with Gasteiger partial charge in [0.1, 0.15) is 0 Å². The Morgan fingerprint density at radius 2 is 1.79 bits per heavy atom. The molecule has 0 aliphatic carbocycles. The minimum absolute atomic E-state index is 0.0815. The molecule has 0 heterocycles. The van der Waals surface area contributed by atoms with Crippen molar-refractivity contribution < 1.29 is 4.79 Å². The molecule has 0 aromatic heterocycles. The number of carbonyl (C=O) groups excluding carboxylic acids is 1. The highest BCUT2D eigenvalue weighted by Gasteiger charge is 2.08. The lowest BCUT2D eigenvalue weighted by Gasteiger charge is -2.09. The van der Waals surface area contributed by atoms with Crippen LogP contribution in [0.2, 0.25) is 0 Å². The number of guanidine groups is 2. The van der Waals surface area contributed by atoms with Gasteiger partial charge in [0.25, 0.3) is 5.91 Å². The van der Waals surface area contributed by atoms with E-state index in [-0.39, 0.29) is 17.8 Å². The minimum Gasteiger partial charge on any atom is -0.370 e. The van der Waals surface area contributed by atoms with Gasteiger partial charge in [0.05, 0.1) is 5.69 Å². The minimum atomic E-state index is -0.237. The van der Waals surface area contributed by atoms with E-state index in [4.69, 9.17) is 17.2 Å². The van der Waals surface area contributed by atoms with Gasteiger partial charge in [-0.25, -0.2) is 4.99 Å². The molecule has 0 bridgehead atoms. The van der Waals surface area contributed by atoms with E-state index in [2.05, 4.69) is 15.3 Å². The zero-order valence-electron chi connectivity index (χ0n) is 13.6. The van der Waals surface area contributed by atoms with E-state index in [1.807, 2.05) is 32.0 Å². The maximum Gasteiger partial charge on any atom is 0.255 e. The molecule has 0 fully saturated rings. The number of nitrogens with zero attached hydrogens (tertiary/aromatic N) is 2. The molecule has 0 saturated carbocycles. The van der Waals surface area contributed by atoms with Crippen molar-refractivity contribution in [1.82, 2.24) is 0 Å². The Bertz CT molecular complexity index is 822. The first-order valence-electron chi connectivity index (χ1n) is 7.27. The van der Waals surface area contributed by atoms with Crippen molar-refractivity contribution in [3.8, 4) is 0 Å². The lowest BCUT2D eigenvalue weighted by molar-refractivity contribution is 0.102. The molecule has 7 nitrogen and oxygen atoms in total. The number of anilines is 1. The predicted molar refractivity (Wildman–Crippen MR) is 97.4 cm³/mol. The quantitative estimate of drug-likeness (QED) is 0.506. The van der Waals surface area contributed by atoms with Crippen molar-refractivity contribution in [3.05, 3.63) is 59.2 Å². The highest BCUT2D eigenvalue weighted by molar-refractivity contribution is 6.05. The van der Waals surface area contributed by atoms with Crippen LogP contribution in [0.15, 0.2) is 52.4 Å². The van der Waals surface area contributed by atoms with Gasteiger partial charge in [-0.1, -0.05) is 23.8 Å². The molecule has 0 aliphatic heterocycles. The molecule has 0 atom stereocenters. The molecule has 7 N–H and O–H groups in total. The first-order chi connectivity index (χ1) is 11.3. The maximum absolute atomic E-state index is 12.4. The van der Waals surface area contributed by atoms with Crippen LogP contribution in [0, 0.1) is 13.8 Å². The fourth-order valence-electron chi connectivity index (χ4n) is 2.15. The fourth-order valence-corrected chi connectivity index (χ4v) is 2.15. The second-order valence-corrected chi connectivity index (χ2v) is 5.33. The molecule has 2 aromatic carbocycles. The van der Waals surface area contributed by atoms with Crippen molar-refractivity contribution in [2.45, 2.75) is 13.8 Å². The van der Waals surface area contributed by atoms with Gasteiger partial charge in [-0.2, -0.15) is 4.99 Å². The fraction of sp³-hybridized carbons (Fsp3) is 0.118. The molecule has 0 spiro atoms. The Labute approximate surface area is 140 Å². The van der Waals surface area contributed by atoms with Crippen LogP contribution in [0.4, 0.5) is 11.4 Å². The Kier molecular flexibility index (Phi) is 5.16. The number of rotatable bonds is 3. The van der Waals surface area contributed by atoms with Gasteiger partial charge < -0.3 is 22.5 Å². The molecule has 1 amide bonds. The van der Waals surface area contributed by atoms with Crippen LogP contribution in [0.1, 0.15) is 21.5 Å². The van der Waals surface area contributed by atoms with Crippen molar-refractivity contribution in [1.29, 1.82) is 0 Å². The average molecular weight is 324 g/mol. The summed E-state index contributed by atoms with van der Waals surface area (Å²) in [6.07, 6.45) is 0. The summed E-state index contributed by atoms with van der Waals surface area (Å²) in [7, 11) is 0. The van der Waals surface area contributed by atoms with Gasteiger partial charge in [-0.05, 0) is 43.7 Å². The number of nitrogens with one attached hydrogen (secondary N) is 1. The third-order valence-corrected chi connectivity index (χ3v) is 3.23. The molecule has 0 radical (unpaired) electrons. The van der Waals surface area contributed by atoms with Crippen molar-refractivity contribution in [2.75, 3.05) is 5.32 Å². The van der Waals surface area contributed by atoms with Gasteiger partial charge in [0, 0.05) is 11.3 Å². The van der Waals surface area contributed by atoms with Gasteiger partial charge in [-0.15, -0.1) is 0 Å². The lowest BCUT2D eigenvalue weighted by Crippen LogP contribution is -2.26. The summed E-state index contributed by atoms with van der Waals surface area (Å²) < 4.78 is 0. The van der Waals surface area contributed by atoms with Gasteiger partial charge in [0.15, 0.2) is 5.96 Å². The zero-order chi connectivity index (χ0) is 17.7. The Morgan fingerprint density at radius 1 is 1.04 bits per heavy atom. The topological polar surface area (TPSA) is 132 Å². The Hall–Kier alpha value is -3.35. The molecule has 2 rings (SSSR count). The van der Waals surface area contributed by atoms with E-state index >= 15 is 0 Å². The monoisotopic (exact) mass is 324 g/mol. The number of aliphatic imine (C=N–C) groups is 2.